The van der Waals surface area contributed by atoms with Crippen molar-refractivity contribution in [2.75, 3.05) is 25.0 Å². The lowest BCUT2D eigenvalue weighted by atomic mass is 9.97. The lowest BCUT2D eigenvalue weighted by Crippen LogP contribution is -2.41. The first kappa shape index (κ1) is 18.6. The third kappa shape index (κ3) is 3.93. The Morgan fingerprint density at radius 3 is 2.96 bits per heavy atom. The van der Waals surface area contributed by atoms with Crippen LogP contribution >= 0.6 is 0 Å². The number of likely N-dealkylation sites (tertiary alicyclic amines) is 1. The summed E-state index contributed by atoms with van der Waals surface area (Å²) in [6.07, 6.45) is -0.397. The van der Waals surface area contributed by atoms with Crippen LogP contribution in [-0.4, -0.2) is 40.6 Å². The molecule has 9 heteroatoms. The standard InChI is InChI=1S/C19H21F3N4O2/c20-19(21,22)16-10-23-17(25-16)13-3-1-7-26(11-13)18(27)24-14-5-6-15-12(9-14)4-2-8-28-15/h5-6,9-10,13H,1-4,7-8,11H2,(H,23,25)(H,24,27). The summed E-state index contributed by atoms with van der Waals surface area (Å²) >= 11 is 0. The number of amides is 2. The molecule has 2 aromatic rings. The Labute approximate surface area is 160 Å². The van der Waals surface area contributed by atoms with Crippen LogP contribution < -0.4 is 10.1 Å². The summed E-state index contributed by atoms with van der Waals surface area (Å²) in [5, 5.41) is 2.88. The van der Waals surface area contributed by atoms with Crippen LogP contribution in [0.3, 0.4) is 0 Å². The van der Waals surface area contributed by atoms with Gasteiger partial charge in [0.15, 0.2) is 0 Å². The quantitative estimate of drug-likeness (QED) is 0.803. The van der Waals surface area contributed by atoms with Crippen LogP contribution in [0.4, 0.5) is 23.7 Å². The number of anilines is 1. The molecule has 0 saturated carbocycles. The molecule has 2 aliphatic rings. The van der Waals surface area contributed by atoms with Gasteiger partial charge in [-0.2, -0.15) is 13.2 Å². The normalized spacial score (nSPS) is 19.7. The van der Waals surface area contributed by atoms with Crippen molar-refractivity contribution < 1.29 is 22.7 Å². The van der Waals surface area contributed by atoms with E-state index >= 15 is 0 Å². The molecule has 1 fully saturated rings. The van der Waals surface area contributed by atoms with E-state index in [0.717, 1.165) is 30.4 Å². The molecule has 28 heavy (non-hydrogen) atoms. The van der Waals surface area contributed by atoms with Crippen molar-refractivity contribution in [3.63, 3.8) is 0 Å². The van der Waals surface area contributed by atoms with Gasteiger partial charge >= 0.3 is 12.2 Å². The van der Waals surface area contributed by atoms with E-state index in [1.54, 1.807) is 11.0 Å². The maximum Gasteiger partial charge on any atom is 0.432 e. The molecule has 1 saturated heterocycles. The van der Waals surface area contributed by atoms with Gasteiger partial charge in [-0.1, -0.05) is 0 Å². The van der Waals surface area contributed by atoms with Gasteiger partial charge in [0.1, 0.15) is 17.3 Å². The molecule has 1 aromatic heterocycles. The summed E-state index contributed by atoms with van der Waals surface area (Å²) in [4.78, 5) is 20.5. The molecular formula is C19H21F3N4O2. The molecule has 3 heterocycles. The molecule has 2 N–H and O–H groups in total. The van der Waals surface area contributed by atoms with Gasteiger partial charge in [0, 0.05) is 24.7 Å². The van der Waals surface area contributed by atoms with E-state index in [4.69, 9.17) is 4.74 Å². The second kappa shape index (κ2) is 7.37. The minimum absolute atomic E-state index is 0.243. The number of alkyl halides is 3. The molecule has 2 amide bonds. The summed E-state index contributed by atoms with van der Waals surface area (Å²) in [6, 6.07) is 5.30. The van der Waals surface area contributed by atoms with E-state index in [9.17, 15) is 18.0 Å². The van der Waals surface area contributed by atoms with Crippen molar-refractivity contribution in [3.05, 3.63) is 41.5 Å². The van der Waals surface area contributed by atoms with Crippen molar-refractivity contribution >= 4 is 11.7 Å². The van der Waals surface area contributed by atoms with Crippen molar-refractivity contribution in [1.29, 1.82) is 0 Å². The average molecular weight is 394 g/mol. The van der Waals surface area contributed by atoms with E-state index in [1.807, 2.05) is 12.1 Å². The third-order valence-corrected chi connectivity index (χ3v) is 5.16. The number of rotatable bonds is 2. The van der Waals surface area contributed by atoms with Gasteiger partial charge in [-0.3, -0.25) is 0 Å². The summed E-state index contributed by atoms with van der Waals surface area (Å²) in [5.74, 6) is 0.879. The number of ether oxygens (including phenoxy) is 1. The van der Waals surface area contributed by atoms with Crippen molar-refractivity contribution in [3.8, 4) is 5.75 Å². The Balaban J connectivity index is 1.41. The van der Waals surface area contributed by atoms with Crippen LogP contribution in [0, 0.1) is 0 Å². The topological polar surface area (TPSA) is 70.2 Å². The second-order valence-corrected chi connectivity index (χ2v) is 7.17. The number of piperidine rings is 1. The van der Waals surface area contributed by atoms with E-state index in [2.05, 4.69) is 15.3 Å². The number of nitrogens with one attached hydrogen (secondary N) is 2. The molecule has 1 atom stereocenters. The number of hydrogen-bond acceptors (Lipinski definition) is 3. The molecule has 150 valence electrons. The van der Waals surface area contributed by atoms with E-state index in [-0.39, 0.29) is 17.8 Å². The van der Waals surface area contributed by atoms with Crippen molar-refractivity contribution in [2.24, 2.45) is 0 Å². The molecule has 0 spiro atoms. The highest BCUT2D eigenvalue weighted by molar-refractivity contribution is 5.89. The van der Waals surface area contributed by atoms with Gasteiger partial charge in [0.05, 0.1) is 12.8 Å². The third-order valence-electron chi connectivity index (χ3n) is 5.16. The highest BCUT2D eigenvalue weighted by atomic mass is 19.4. The maximum atomic E-state index is 12.8. The summed E-state index contributed by atoms with van der Waals surface area (Å²) in [6.45, 7) is 1.59. The summed E-state index contributed by atoms with van der Waals surface area (Å²) < 4.78 is 43.9. The number of fused-ring (bicyclic) bond motifs is 1. The molecule has 1 unspecified atom stereocenters. The van der Waals surface area contributed by atoms with Gasteiger partial charge in [-0.15, -0.1) is 0 Å². The molecule has 0 radical (unpaired) electrons. The predicted molar refractivity (Wildman–Crippen MR) is 96.4 cm³/mol. The number of halogens is 3. The number of urea groups is 1. The van der Waals surface area contributed by atoms with Gasteiger partial charge in [-0.05, 0) is 49.4 Å². The zero-order valence-corrected chi connectivity index (χ0v) is 15.2. The molecule has 6 nitrogen and oxygen atoms in total. The second-order valence-electron chi connectivity index (χ2n) is 7.17. The number of aromatic nitrogens is 2. The first-order valence-electron chi connectivity index (χ1n) is 9.34. The maximum absolute atomic E-state index is 12.8. The summed E-state index contributed by atoms with van der Waals surface area (Å²) in [5.41, 5.74) is 0.893. The fourth-order valence-electron chi connectivity index (χ4n) is 3.71. The lowest BCUT2D eigenvalue weighted by molar-refractivity contribution is -0.141. The van der Waals surface area contributed by atoms with Gasteiger partial charge in [-0.25, -0.2) is 9.78 Å². The number of carbonyl (C=O) groups excluding carboxylic acids is 1. The number of nitrogens with zero attached hydrogens (tertiary/aromatic N) is 2. The van der Waals surface area contributed by atoms with Crippen LogP contribution in [0.15, 0.2) is 24.4 Å². The Morgan fingerprint density at radius 1 is 1.32 bits per heavy atom. The van der Waals surface area contributed by atoms with E-state index < -0.39 is 11.9 Å². The molecule has 4 rings (SSSR count). The van der Waals surface area contributed by atoms with Gasteiger partial charge < -0.3 is 19.9 Å². The minimum atomic E-state index is -4.45. The number of hydrogen-bond donors (Lipinski definition) is 2. The molecule has 0 aliphatic carbocycles. The Morgan fingerprint density at radius 2 is 2.18 bits per heavy atom. The van der Waals surface area contributed by atoms with Gasteiger partial charge in [0.25, 0.3) is 0 Å². The molecular weight excluding hydrogens is 373 g/mol. The summed E-state index contributed by atoms with van der Waals surface area (Å²) in [7, 11) is 0. The number of aromatic amines is 1. The minimum Gasteiger partial charge on any atom is -0.493 e. The number of imidazole rings is 1. The molecule has 0 bridgehead atoms. The number of carbonyl (C=O) groups is 1. The van der Waals surface area contributed by atoms with E-state index in [1.165, 1.54) is 0 Å². The highest BCUT2D eigenvalue weighted by Gasteiger charge is 2.34. The SMILES string of the molecule is O=C(Nc1ccc2c(c1)CCCO2)N1CCCC(c2ncc(C(F)(F)F)[nH]2)C1. The fraction of sp³-hybridized carbons (Fsp3) is 0.474. The van der Waals surface area contributed by atoms with E-state index in [0.29, 0.717) is 38.2 Å². The largest absolute Gasteiger partial charge is 0.493 e. The zero-order valence-electron chi connectivity index (χ0n) is 15.2. The fourth-order valence-corrected chi connectivity index (χ4v) is 3.71. The Hall–Kier alpha value is -2.71. The van der Waals surface area contributed by atoms with Gasteiger partial charge in [0.2, 0.25) is 0 Å². The number of aryl methyl sites for hydroxylation is 1. The highest BCUT2D eigenvalue weighted by Crippen LogP contribution is 2.31. The first-order valence-corrected chi connectivity index (χ1v) is 9.34. The van der Waals surface area contributed by atoms with Crippen molar-refractivity contribution in [2.45, 2.75) is 37.8 Å². The first-order chi connectivity index (χ1) is 13.4. The van der Waals surface area contributed by atoms with Crippen LogP contribution in [0.1, 0.15) is 42.3 Å². The van der Waals surface area contributed by atoms with Crippen molar-refractivity contribution in [1.82, 2.24) is 14.9 Å². The van der Waals surface area contributed by atoms with Crippen LogP contribution in [0.2, 0.25) is 0 Å². The van der Waals surface area contributed by atoms with Crippen LogP contribution in [-0.2, 0) is 12.6 Å². The number of H-pyrrole nitrogens is 1. The predicted octanol–water partition coefficient (Wildman–Crippen LogP) is 4.17. The Kier molecular flexibility index (Phi) is 4.91. The molecule has 2 aliphatic heterocycles. The zero-order chi connectivity index (χ0) is 19.7. The average Bonchev–Trinajstić information content (AvgIpc) is 3.19. The molecule has 1 aromatic carbocycles. The smallest absolute Gasteiger partial charge is 0.432 e. The number of benzene rings is 1. The van der Waals surface area contributed by atoms with Crippen LogP contribution in [0.25, 0.3) is 0 Å². The Bertz CT molecular complexity index is 865. The lowest BCUT2D eigenvalue weighted by Gasteiger charge is -2.32. The van der Waals surface area contributed by atoms with Crippen LogP contribution in [0.5, 0.6) is 5.75 Å². The monoisotopic (exact) mass is 394 g/mol.